The second-order valence-electron chi connectivity index (χ2n) is 19.5. The first-order valence-corrected chi connectivity index (χ1v) is 30.0. The van der Waals surface area contributed by atoms with Crippen LogP contribution in [0.2, 0.25) is 0 Å². The summed E-state index contributed by atoms with van der Waals surface area (Å²) in [6.45, 7) is 6.40. The maximum atomic E-state index is 12.9. The molecule has 0 rings (SSSR count). The van der Waals surface area contributed by atoms with Crippen LogP contribution < -0.4 is 0 Å². The molecule has 0 N–H and O–H groups in total. The number of hydrogen-bond donors (Lipinski definition) is 0. The molecule has 0 saturated heterocycles. The number of unbranched alkanes of at least 4 members (excludes halogenated alkanes) is 22. The number of allylic oxidation sites excluding steroid dienone is 20. The lowest BCUT2D eigenvalue weighted by molar-refractivity contribution is -0.166. The second-order valence-corrected chi connectivity index (χ2v) is 19.5. The zero-order valence-electron chi connectivity index (χ0n) is 47.4. The van der Waals surface area contributed by atoms with Gasteiger partial charge in [0, 0.05) is 19.3 Å². The van der Waals surface area contributed by atoms with E-state index in [-0.39, 0.29) is 44.0 Å². The van der Waals surface area contributed by atoms with Crippen LogP contribution >= 0.6 is 0 Å². The highest BCUT2D eigenvalue weighted by molar-refractivity contribution is 5.71. The first-order valence-electron chi connectivity index (χ1n) is 30.0. The average Bonchev–Trinajstić information content (AvgIpc) is 3.39. The summed E-state index contributed by atoms with van der Waals surface area (Å²) >= 11 is 0. The minimum atomic E-state index is -0.833. The van der Waals surface area contributed by atoms with Gasteiger partial charge in [-0.3, -0.25) is 14.4 Å². The van der Waals surface area contributed by atoms with Gasteiger partial charge in [-0.1, -0.05) is 271 Å². The third-order valence-electron chi connectivity index (χ3n) is 12.5. The highest BCUT2D eigenvalue weighted by Crippen LogP contribution is 2.16. The number of esters is 3. The Morgan fingerprint density at radius 2 is 0.575 bits per heavy atom. The zero-order valence-corrected chi connectivity index (χ0v) is 47.4. The summed E-state index contributed by atoms with van der Waals surface area (Å²) < 4.78 is 16.8. The summed E-state index contributed by atoms with van der Waals surface area (Å²) in [5, 5.41) is 0. The summed E-state index contributed by atoms with van der Waals surface area (Å²) in [4.78, 5) is 38.2. The van der Waals surface area contributed by atoms with Crippen LogP contribution in [-0.2, 0) is 28.6 Å². The Labute approximate surface area is 450 Å². The maximum Gasteiger partial charge on any atom is 0.306 e. The normalized spacial score (nSPS) is 13.0. The lowest BCUT2D eigenvalue weighted by Crippen LogP contribution is -2.30. The van der Waals surface area contributed by atoms with Gasteiger partial charge in [0.2, 0.25) is 0 Å². The Kier molecular flexibility index (Phi) is 56.9. The number of rotatable bonds is 53. The molecule has 6 heteroatoms. The first kappa shape index (κ1) is 68.8. The molecule has 0 spiro atoms. The van der Waals surface area contributed by atoms with Gasteiger partial charge in [0.15, 0.2) is 6.10 Å². The van der Waals surface area contributed by atoms with E-state index in [4.69, 9.17) is 14.2 Å². The summed E-state index contributed by atoms with van der Waals surface area (Å²) in [7, 11) is 0. The molecular weight excluding hydrogens is 901 g/mol. The SMILES string of the molecule is CC/C=C\C/C=C\C/C=C\C/C=C\C/C=C\C/C=C\CCC(=O)OC[C@H](COC(=O)CCC/C=C\C/C=C\C/C=C\C/C=C\CCCCC)OC(=O)CCCCCCCCCCCCCCCCCCCCC. The van der Waals surface area contributed by atoms with Crippen LogP contribution in [0.4, 0.5) is 0 Å². The van der Waals surface area contributed by atoms with E-state index in [0.29, 0.717) is 19.3 Å². The van der Waals surface area contributed by atoms with Crippen molar-refractivity contribution in [3.05, 3.63) is 122 Å². The fourth-order valence-electron chi connectivity index (χ4n) is 7.99. The third-order valence-corrected chi connectivity index (χ3v) is 12.5. The van der Waals surface area contributed by atoms with Gasteiger partial charge in [0.25, 0.3) is 0 Å². The van der Waals surface area contributed by atoms with E-state index >= 15 is 0 Å². The molecule has 1 atom stereocenters. The quantitative estimate of drug-likeness (QED) is 0.0261. The molecule has 0 amide bonds. The van der Waals surface area contributed by atoms with Crippen molar-refractivity contribution >= 4 is 17.9 Å². The number of hydrogen-bond acceptors (Lipinski definition) is 6. The van der Waals surface area contributed by atoms with Gasteiger partial charge in [0.1, 0.15) is 13.2 Å². The van der Waals surface area contributed by atoms with Crippen molar-refractivity contribution in [1.29, 1.82) is 0 Å². The van der Waals surface area contributed by atoms with Crippen LogP contribution in [0, 0.1) is 0 Å². The molecule has 0 aromatic heterocycles. The molecule has 414 valence electrons. The molecule has 0 aliphatic rings. The molecule has 0 heterocycles. The van der Waals surface area contributed by atoms with Gasteiger partial charge in [-0.25, -0.2) is 0 Å². The minimum absolute atomic E-state index is 0.130. The van der Waals surface area contributed by atoms with Crippen molar-refractivity contribution in [2.75, 3.05) is 13.2 Å². The lowest BCUT2D eigenvalue weighted by atomic mass is 10.0. The van der Waals surface area contributed by atoms with Crippen molar-refractivity contribution in [2.45, 2.75) is 271 Å². The van der Waals surface area contributed by atoms with Gasteiger partial charge in [-0.15, -0.1) is 0 Å². The van der Waals surface area contributed by atoms with E-state index in [9.17, 15) is 14.4 Å². The van der Waals surface area contributed by atoms with E-state index in [2.05, 4.69) is 136 Å². The molecule has 6 nitrogen and oxygen atoms in total. The summed E-state index contributed by atoms with van der Waals surface area (Å²) in [5.74, 6) is -1.06. The van der Waals surface area contributed by atoms with E-state index in [1.807, 2.05) is 6.08 Å². The Bertz CT molecular complexity index is 1540. The standard InChI is InChI=1S/C67H110O6/c1-4-7-10-13-16-19-22-25-28-31-33-36-39-42-45-48-51-54-57-60-66(69)72-63-64(62-71-65(68)59-56-53-50-47-44-41-38-35-30-27-24-21-18-15-12-9-6-3)73-67(70)61-58-55-52-49-46-43-40-37-34-32-29-26-23-20-17-14-11-8-5-2/h7,10,16,18-19,21,25,27-28,30,33,36,38,41-42,45,47,50-51,54,64H,4-6,8-9,11-15,17,20,22-24,26,29,31-32,34-35,37,39-40,43-44,46,48-49,52-53,55-63H2,1-3H3/b10-7-,19-16-,21-18-,28-25-,30-27-,36-33-,41-38-,45-42-,50-47-,54-51-/t64-/m0/s1. The third kappa shape index (κ3) is 58.6. The predicted molar refractivity (Wildman–Crippen MR) is 316 cm³/mol. The van der Waals surface area contributed by atoms with Crippen molar-refractivity contribution in [3.8, 4) is 0 Å². The highest BCUT2D eigenvalue weighted by Gasteiger charge is 2.19. The number of carbonyl (C=O) groups is 3. The molecule has 0 aliphatic carbocycles. The van der Waals surface area contributed by atoms with Crippen LogP contribution in [0.3, 0.4) is 0 Å². The first-order chi connectivity index (χ1) is 36.0. The topological polar surface area (TPSA) is 78.9 Å². The van der Waals surface area contributed by atoms with E-state index in [0.717, 1.165) is 83.5 Å². The van der Waals surface area contributed by atoms with Crippen molar-refractivity contribution in [3.63, 3.8) is 0 Å². The Hall–Kier alpha value is -4.19. The Morgan fingerprint density at radius 3 is 0.959 bits per heavy atom. The molecule has 0 bridgehead atoms. The molecule has 0 unspecified atom stereocenters. The number of carbonyl (C=O) groups excluding carboxylic acids is 3. The smallest absolute Gasteiger partial charge is 0.306 e. The van der Waals surface area contributed by atoms with Crippen LogP contribution in [0.25, 0.3) is 0 Å². The summed E-state index contributed by atoms with van der Waals surface area (Å²) in [6.07, 6.45) is 83.5. The Morgan fingerprint density at radius 1 is 0.288 bits per heavy atom. The highest BCUT2D eigenvalue weighted by atomic mass is 16.6. The molecule has 0 aromatic carbocycles. The van der Waals surface area contributed by atoms with Crippen molar-refractivity contribution in [2.24, 2.45) is 0 Å². The molecule has 0 aliphatic heterocycles. The molecule has 0 aromatic rings. The van der Waals surface area contributed by atoms with Gasteiger partial charge in [-0.2, -0.15) is 0 Å². The van der Waals surface area contributed by atoms with E-state index in [1.54, 1.807) is 0 Å². The Balaban J connectivity index is 4.56. The van der Waals surface area contributed by atoms with Crippen LogP contribution in [0.5, 0.6) is 0 Å². The average molecular weight is 1010 g/mol. The molecule has 0 saturated carbocycles. The van der Waals surface area contributed by atoms with Crippen LogP contribution in [0.15, 0.2) is 122 Å². The maximum absolute atomic E-state index is 12.9. The second kappa shape index (κ2) is 60.4. The minimum Gasteiger partial charge on any atom is -0.462 e. The van der Waals surface area contributed by atoms with Crippen LogP contribution in [0.1, 0.15) is 265 Å². The van der Waals surface area contributed by atoms with Gasteiger partial charge in [0.05, 0.1) is 0 Å². The van der Waals surface area contributed by atoms with Gasteiger partial charge < -0.3 is 14.2 Å². The van der Waals surface area contributed by atoms with Crippen LogP contribution in [-0.4, -0.2) is 37.2 Å². The monoisotopic (exact) mass is 1010 g/mol. The summed E-state index contributed by atoms with van der Waals surface area (Å²) in [5.41, 5.74) is 0. The molecule has 0 fully saturated rings. The zero-order chi connectivity index (χ0) is 52.9. The van der Waals surface area contributed by atoms with E-state index < -0.39 is 6.10 Å². The summed E-state index contributed by atoms with van der Waals surface area (Å²) in [6, 6.07) is 0. The van der Waals surface area contributed by atoms with Crippen molar-refractivity contribution in [1.82, 2.24) is 0 Å². The lowest BCUT2D eigenvalue weighted by Gasteiger charge is -2.18. The molecule has 0 radical (unpaired) electrons. The van der Waals surface area contributed by atoms with E-state index in [1.165, 1.54) is 128 Å². The fraction of sp³-hybridized carbons (Fsp3) is 0.657. The van der Waals surface area contributed by atoms with Crippen molar-refractivity contribution < 1.29 is 28.6 Å². The fourth-order valence-corrected chi connectivity index (χ4v) is 7.99. The number of ether oxygens (including phenoxy) is 3. The largest absolute Gasteiger partial charge is 0.462 e. The molecule has 73 heavy (non-hydrogen) atoms. The molecular formula is C67H110O6. The van der Waals surface area contributed by atoms with Gasteiger partial charge >= 0.3 is 17.9 Å². The van der Waals surface area contributed by atoms with Gasteiger partial charge in [-0.05, 0) is 96.3 Å². The predicted octanol–water partition coefficient (Wildman–Crippen LogP) is 20.4.